The molecule has 3 aromatic rings. The summed E-state index contributed by atoms with van der Waals surface area (Å²) in [5.41, 5.74) is 0.928. The Kier molecular flexibility index (Phi) is 6.65. The number of nitrogens with one attached hydrogen (secondary N) is 2. The number of hydrogen-bond acceptors (Lipinski definition) is 5. The summed E-state index contributed by atoms with van der Waals surface area (Å²) in [6.07, 6.45) is 11.3. The molecule has 1 aliphatic rings. The van der Waals surface area contributed by atoms with Gasteiger partial charge in [-0.25, -0.2) is 13.8 Å². The number of hydrogen-bond donors (Lipinski definition) is 2. The molecule has 0 bridgehead atoms. The van der Waals surface area contributed by atoms with Crippen molar-refractivity contribution in [2.75, 3.05) is 36.4 Å². The van der Waals surface area contributed by atoms with Gasteiger partial charge >= 0.3 is 0 Å². The molecule has 1 unspecified atom stereocenters. The maximum absolute atomic E-state index is 14.8. The highest BCUT2D eigenvalue weighted by Gasteiger charge is 2.30. The lowest BCUT2D eigenvalue weighted by molar-refractivity contribution is 0.101. The second kappa shape index (κ2) is 9.64. The van der Waals surface area contributed by atoms with Crippen molar-refractivity contribution >= 4 is 28.1 Å². The van der Waals surface area contributed by atoms with Crippen molar-refractivity contribution in [2.45, 2.75) is 12.3 Å². The first kappa shape index (κ1) is 23.4. The summed E-state index contributed by atoms with van der Waals surface area (Å²) in [6, 6.07) is 9.61. The van der Waals surface area contributed by atoms with Crippen LogP contribution in [0.25, 0.3) is 0 Å². The number of thiazole rings is 1. The third-order valence-corrected chi connectivity index (χ3v) is 6.65. The minimum Gasteiger partial charge on any atom is -0.369 e. The fourth-order valence-electron chi connectivity index (χ4n) is 3.81. The molecule has 172 valence electrons. The highest BCUT2D eigenvalue weighted by Crippen LogP contribution is 2.34. The van der Waals surface area contributed by atoms with Gasteiger partial charge in [-0.3, -0.25) is 10.1 Å². The Labute approximate surface area is 201 Å². The second-order valence-corrected chi connectivity index (χ2v) is 8.86. The quantitative estimate of drug-likeness (QED) is 0.547. The molecule has 2 aromatic carbocycles. The zero-order valence-electron chi connectivity index (χ0n) is 18.5. The summed E-state index contributed by atoms with van der Waals surface area (Å²) < 4.78 is 29.5. The maximum atomic E-state index is 14.8. The van der Waals surface area contributed by atoms with Crippen LogP contribution < -0.4 is 15.5 Å². The molecule has 1 fully saturated rings. The lowest BCUT2D eigenvalue weighted by Gasteiger charge is -2.29. The van der Waals surface area contributed by atoms with Crippen LogP contribution in [0.3, 0.4) is 0 Å². The van der Waals surface area contributed by atoms with Crippen molar-refractivity contribution in [3.63, 3.8) is 0 Å². The van der Waals surface area contributed by atoms with E-state index in [1.54, 1.807) is 17.5 Å². The zero-order valence-corrected chi connectivity index (χ0v) is 19.3. The molecular formula is C26H22F2N4OS. The van der Waals surface area contributed by atoms with Crippen LogP contribution in [0.15, 0.2) is 41.8 Å². The van der Waals surface area contributed by atoms with Gasteiger partial charge in [0.2, 0.25) is 0 Å². The first-order chi connectivity index (χ1) is 16.4. The van der Waals surface area contributed by atoms with E-state index in [-0.39, 0.29) is 5.13 Å². The normalized spacial score (nSPS) is 15.1. The molecule has 2 heterocycles. The summed E-state index contributed by atoms with van der Waals surface area (Å²) in [6.45, 7) is 4.54. The molecule has 4 rings (SSSR count). The van der Waals surface area contributed by atoms with Crippen LogP contribution in [0.2, 0.25) is 0 Å². The lowest BCUT2D eigenvalue weighted by Crippen LogP contribution is -2.43. The molecule has 0 aliphatic carbocycles. The van der Waals surface area contributed by atoms with Crippen molar-refractivity contribution in [1.29, 1.82) is 0 Å². The average molecular weight is 477 g/mol. The Morgan fingerprint density at radius 1 is 1.18 bits per heavy atom. The minimum absolute atomic E-state index is 0.187. The smallest absolute Gasteiger partial charge is 0.263 e. The molecule has 1 aliphatic heterocycles. The molecule has 0 radical (unpaired) electrons. The Balaban J connectivity index is 1.55. The van der Waals surface area contributed by atoms with Gasteiger partial charge in [-0.15, -0.1) is 24.2 Å². The molecule has 2 N–H and O–H groups in total. The molecule has 1 amide bonds. The van der Waals surface area contributed by atoms with E-state index in [9.17, 15) is 13.6 Å². The number of piperazine rings is 1. The van der Waals surface area contributed by atoms with Crippen molar-refractivity contribution in [1.82, 2.24) is 10.3 Å². The topological polar surface area (TPSA) is 57.3 Å². The van der Waals surface area contributed by atoms with Gasteiger partial charge in [0.15, 0.2) is 5.13 Å². The fourth-order valence-corrected chi connectivity index (χ4v) is 4.62. The molecule has 0 spiro atoms. The van der Waals surface area contributed by atoms with Gasteiger partial charge in [-0.1, -0.05) is 24.0 Å². The summed E-state index contributed by atoms with van der Waals surface area (Å²) >= 11 is 1.12. The Bertz CT molecular complexity index is 1280. The molecule has 8 heteroatoms. The highest BCUT2D eigenvalue weighted by molar-refractivity contribution is 7.14. The number of carbonyl (C=O) groups excluding carboxylic acids is 1. The summed E-state index contributed by atoms with van der Waals surface area (Å²) in [5.74, 6) is 2.54. The molecular weight excluding hydrogens is 454 g/mol. The van der Waals surface area contributed by atoms with E-state index in [0.29, 0.717) is 24.5 Å². The standard InChI is InChI=1S/C26H22F2N4OS/c1-4-17-6-8-18(9-7-17)26(3,5-2)22-16-34-25(30-22)31-24(33)23-20(27)14-19(15-21(23)28)32-12-10-29-11-13-32/h1-2,6-9,14-16,29H,10-13H2,3H3,(H,30,31,33). The Hall–Kier alpha value is -3.72. The van der Waals surface area contributed by atoms with Gasteiger partial charge in [0.05, 0.1) is 11.1 Å². The number of rotatable bonds is 5. The largest absolute Gasteiger partial charge is 0.369 e. The maximum Gasteiger partial charge on any atom is 0.263 e. The van der Waals surface area contributed by atoms with Crippen molar-refractivity contribution < 1.29 is 13.6 Å². The van der Waals surface area contributed by atoms with Crippen molar-refractivity contribution in [3.05, 3.63) is 75.8 Å². The van der Waals surface area contributed by atoms with Gasteiger partial charge in [0.25, 0.3) is 5.91 Å². The predicted octanol–water partition coefficient (Wildman–Crippen LogP) is 4.00. The van der Waals surface area contributed by atoms with Gasteiger partial charge in [-0.2, -0.15) is 0 Å². The predicted molar refractivity (Wildman–Crippen MR) is 131 cm³/mol. The van der Waals surface area contributed by atoms with Gasteiger partial charge < -0.3 is 10.2 Å². The van der Waals surface area contributed by atoms with Crippen LogP contribution >= 0.6 is 11.3 Å². The lowest BCUT2D eigenvalue weighted by atomic mass is 9.80. The minimum atomic E-state index is -0.926. The number of nitrogens with zero attached hydrogens (tertiary/aromatic N) is 2. The van der Waals surface area contributed by atoms with E-state index in [1.165, 1.54) is 12.1 Å². The van der Waals surface area contributed by atoms with Crippen molar-refractivity contribution in [3.8, 4) is 24.7 Å². The van der Waals surface area contributed by atoms with Crippen LogP contribution in [-0.2, 0) is 5.41 Å². The van der Waals surface area contributed by atoms with Crippen LogP contribution in [0.4, 0.5) is 19.6 Å². The zero-order chi connectivity index (χ0) is 24.3. The number of amides is 1. The Morgan fingerprint density at radius 3 is 2.41 bits per heavy atom. The molecule has 1 aromatic heterocycles. The number of terminal acetylenes is 2. The SMILES string of the molecule is C#Cc1ccc(C(C)(C#C)c2csc(NC(=O)c3c(F)cc(N4CCNCC4)cc3F)n2)cc1. The second-order valence-electron chi connectivity index (χ2n) is 8.00. The van der Waals surface area contributed by atoms with E-state index in [1.807, 2.05) is 24.0 Å². The molecule has 1 saturated heterocycles. The third kappa shape index (κ3) is 4.51. The van der Waals surface area contributed by atoms with Gasteiger partial charge in [-0.05, 0) is 36.8 Å². The van der Waals surface area contributed by atoms with Crippen LogP contribution in [-0.4, -0.2) is 37.1 Å². The summed E-state index contributed by atoms with van der Waals surface area (Å²) in [7, 11) is 0. The van der Waals surface area contributed by atoms with Crippen LogP contribution in [0.1, 0.15) is 34.1 Å². The van der Waals surface area contributed by atoms with Gasteiger partial charge in [0.1, 0.15) is 17.2 Å². The monoisotopic (exact) mass is 476 g/mol. The number of carbonyl (C=O) groups is 1. The fraction of sp³-hybridized carbons (Fsp3) is 0.231. The number of halogens is 2. The molecule has 34 heavy (non-hydrogen) atoms. The van der Waals surface area contributed by atoms with Crippen LogP contribution in [0.5, 0.6) is 0 Å². The van der Waals surface area contributed by atoms with Crippen LogP contribution in [0, 0.1) is 36.3 Å². The van der Waals surface area contributed by atoms with E-state index in [2.05, 4.69) is 27.5 Å². The summed E-state index contributed by atoms with van der Waals surface area (Å²) in [5, 5.41) is 7.58. The van der Waals surface area contributed by atoms with Crippen molar-refractivity contribution in [2.24, 2.45) is 0 Å². The summed E-state index contributed by atoms with van der Waals surface area (Å²) in [4.78, 5) is 19.0. The molecule has 0 saturated carbocycles. The van der Waals surface area contributed by atoms with E-state index >= 15 is 0 Å². The molecule has 1 atom stereocenters. The number of anilines is 2. The van der Waals surface area contributed by atoms with Gasteiger partial charge in [0, 0.05) is 42.8 Å². The number of aromatic nitrogens is 1. The first-order valence-corrected chi connectivity index (χ1v) is 11.5. The van der Waals surface area contributed by atoms with E-state index in [4.69, 9.17) is 12.8 Å². The van der Waals surface area contributed by atoms with E-state index < -0.39 is 28.5 Å². The highest BCUT2D eigenvalue weighted by atomic mass is 32.1. The first-order valence-electron chi connectivity index (χ1n) is 10.6. The third-order valence-electron chi connectivity index (χ3n) is 5.89. The molecule has 5 nitrogen and oxygen atoms in total. The number of benzene rings is 2. The Morgan fingerprint density at radius 2 is 1.82 bits per heavy atom. The van der Waals surface area contributed by atoms with E-state index in [0.717, 1.165) is 35.6 Å². The average Bonchev–Trinajstić information content (AvgIpc) is 3.32.